The molecule has 1 aliphatic heterocycles. The van der Waals surface area contributed by atoms with E-state index in [9.17, 15) is 0 Å². The summed E-state index contributed by atoms with van der Waals surface area (Å²) in [5.74, 6) is 2.61. The van der Waals surface area contributed by atoms with Crippen LogP contribution in [0.25, 0.3) is 0 Å². The van der Waals surface area contributed by atoms with Crippen molar-refractivity contribution in [2.75, 3.05) is 18.0 Å². The molecule has 2 rings (SSSR count). The summed E-state index contributed by atoms with van der Waals surface area (Å²) in [6.07, 6.45) is 7.68. The lowest BCUT2D eigenvalue weighted by Gasteiger charge is -2.30. The Morgan fingerprint density at radius 3 is 2.62 bits per heavy atom. The van der Waals surface area contributed by atoms with E-state index in [1.54, 1.807) is 18.3 Å². The topological polar surface area (TPSA) is 29.0 Å². The zero-order valence-electron chi connectivity index (χ0n) is 7.90. The van der Waals surface area contributed by atoms with E-state index >= 15 is 0 Å². The summed E-state index contributed by atoms with van der Waals surface area (Å²) in [5.41, 5.74) is 0. The summed E-state index contributed by atoms with van der Waals surface area (Å²) in [6.45, 7) is 4.41. The molecule has 1 aromatic heterocycles. The lowest BCUT2D eigenvalue weighted by molar-refractivity contribution is 0.608. The Hall–Kier alpha value is -1.12. The van der Waals surface area contributed by atoms with Crippen molar-refractivity contribution in [2.24, 2.45) is 0 Å². The fourth-order valence-electron chi connectivity index (χ4n) is 1.57. The van der Waals surface area contributed by atoms with E-state index in [0.717, 1.165) is 18.9 Å². The Balaban J connectivity index is 2.03. The van der Waals surface area contributed by atoms with Crippen molar-refractivity contribution in [1.82, 2.24) is 9.97 Å². The van der Waals surface area contributed by atoms with Crippen molar-refractivity contribution in [3.8, 4) is 0 Å². The highest BCUT2D eigenvalue weighted by molar-refractivity contribution is 5.36. The van der Waals surface area contributed by atoms with Crippen LogP contribution in [0.15, 0.2) is 18.6 Å². The molecule has 2 heterocycles. The lowest BCUT2D eigenvalue weighted by atomic mass is 9.99. The minimum atomic E-state index is 1.01. The van der Waals surface area contributed by atoms with Crippen LogP contribution < -0.4 is 4.90 Å². The van der Waals surface area contributed by atoms with Gasteiger partial charge in [-0.25, -0.2) is 4.98 Å². The zero-order chi connectivity index (χ0) is 9.10. The van der Waals surface area contributed by atoms with E-state index in [4.69, 9.17) is 0 Å². The molecular formula is C10H14N3. The van der Waals surface area contributed by atoms with Gasteiger partial charge in [-0.05, 0) is 18.8 Å². The summed E-state index contributed by atoms with van der Waals surface area (Å²) in [4.78, 5) is 10.6. The molecule has 69 valence electrons. The van der Waals surface area contributed by atoms with Crippen LogP contribution in [0, 0.1) is 5.92 Å². The molecule has 1 aromatic rings. The maximum atomic E-state index is 4.28. The molecule has 0 aromatic carbocycles. The summed E-state index contributed by atoms with van der Waals surface area (Å²) in [7, 11) is 0. The summed E-state index contributed by atoms with van der Waals surface area (Å²) in [5, 5.41) is 0. The molecule has 0 aliphatic carbocycles. The van der Waals surface area contributed by atoms with Gasteiger partial charge in [0.25, 0.3) is 0 Å². The second-order valence-corrected chi connectivity index (χ2v) is 3.51. The van der Waals surface area contributed by atoms with Crippen LogP contribution in [0.2, 0.25) is 0 Å². The first-order valence-corrected chi connectivity index (χ1v) is 4.68. The summed E-state index contributed by atoms with van der Waals surface area (Å²) >= 11 is 0. The third kappa shape index (κ3) is 1.97. The second-order valence-electron chi connectivity index (χ2n) is 3.51. The largest absolute Gasteiger partial charge is 0.355 e. The molecule has 1 aliphatic rings. The quantitative estimate of drug-likeness (QED) is 0.651. The summed E-state index contributed by atoms with van der Waals surface area (Å²) in [6, 6.07) is 0. The normalized spacial score (nSPS) is 19.0. The van der Waals surface area contributed by atoms with Gasteiger partial charge in [-0.15, -0.1) is 0 Å². The zero-order valence-corrected chi connectivity index (χ0v) is 7.90. The molecule has 0 atom stereocenters. The maximum absolute atomic E-state index is 4.28. The van der Waals surface area contributed by atoms with E-state index in [0.29, 0.717) is 0 Å². The number of piperidine rings is 1. The number of hydrogen-bond donors (Lipinski definition) is 0. The Morgan fingerprint density at radius 2 is 2.00 bits per heavy atom. The minimum absolute atomic E-state index is 1.01. The van der Waals surface area contributed by atoms with Crippen LogP contribution in [0.4, 0.5) is 5.82 Å². The Morgan fingerprint density at radius 1 is 1.23 bits per heavy atom. The Bertz CT molecular complexity index is 252. The Kier molecular flexibility index (Phi) is 2.43. The van der Waals surface area contributed by atoms with Gasteiger partial charge in [-0.3, -0.25) is 4.98 Å². The first-order valence-electron chi connectivity index (χ1n) is 4.68. The SMILES string of the molecule is C[C]1CCN(c2cnccn2)CC1. The smallest absolute Gasteiger partial charge is 0.147 e. The average Bonchev–Trinajstić information content (AvgIpc) is 2.20. The van der Waals surface area contributed by atoms with Crippen molar-refractivity contribution in [3.63, 3.8) is 0 Å². The molecule has 0 amide bonds. The molecule has 1 saturated heterocycles. The first-order chi connectivity index (χ1) is 6.36. The molecule has 0 saturated carbocycles. The third-order valence-electron chi connectivity index (χ3n) is 2.49. The third-order valence-corrected chi connectivity index (χ3v) is 2.49. The number of rotatable bonds is 1. The van der Waals surface area contributed by atoms with Crippen LogP contribution >= 0.6 is 0 Å². The molecule has 1 radical (unpaired) electrons. The van der Waals surface area contributed by atoms with Crippen molar-refractivity contribution in [2.45, 2.75) is 19.8 Å². The standard InChI is InChI=1S/C10H14N3/c1-9-2-6-13(7-3-9)10-8-11-4-5-12-10/h4-5,8H,2-3,6-7H2,1H3. The van der Waals surface area contributed by atoms with E-state index in [-0.39, 0.29) is 0 Å². The molecular weight excluding hydrogens is 162 g/mol. The van der Waals surface area contributed by atoms with Crippen LogP contribution in [-0.4, -0.2) is 23.1 Å². The predicted octanol–water partition coefficient (Wildman–Crippen LogP) is 1.67. The average molecular weight is 176 g/mol. The van der Waals surface area contributed by atoms with Gasteiger partial charge in [-0.1, -0.05) is 6.92 Å². The minimum Gasteiger partial charge on any atom is -0.355 e. The van der Waals surface area contributed by atoms with Crippen molar-refractivity contribution in [1.29, 1.82) is 0 Å². The fourth-order valence-corrected chi connectivity index (χ4v) is 1.57. The molecule has 1 fully saturated rings. The van der Waals surface area contributed by atoms with E-state index < -0.39 is 0 Å². The van der Waals surface area contributed by atoms with Gasteiger partial charge in [0.05, 0.1) is 6.20 Å². The van der Waals surface area contributed by atoms with Crippen LogP contribution in [0.1, 0.15) is 19.8 Å². The second kappa shape index (κ2) is 3.73. The van der Waals surface area contributed by atoms with Gasteiger partial charge >= 0.3 is 0 Å². The van der Waals surface area contributed by atoms with Gasteiger partial charge in [-0.2, -0.15) is 0 Å². The van der Waals surface area contributed by atoms with Crippen molar-refractivity contribution >= 4 is 5.82 Å². The van der Waals surface area contributed by atoms with Gasteiger partial charge in [0.1, 0.15) is 5.82 Å². The highest BCUT2D eigenvalue weighted by Crippen LogP contribution is 2.21. The maximum Gasteiger partial charge on any atom is 0.147 e. The van der Waals surface area contributed by atoms with Gasteiger partial charge in [0.15, 0.2) is 0 Å². The molecule has 0 spiro atoms. The number of aromatic nitrogens is 2. The van der Waals surface area contributed by atoms with E-state index in [1.807, 2.05) is 6.20 Å². The molecule has 0 bridgehead atoms. The molecule has 3 nitrogen and oxygen atoms in total. The highest BCUT2D eigenvalue weighted by Gasteiger charge is 2.16. The Labute approximate surface area is 78.8 Å². The van der Waals surface area contributed by atoms with Crippen molar-refractivity contribution < 1.29 is 0 Å². The van der Waals surface area contributed by atoms with E-state index in [1.165, 1.54) is 12.8 Å². The number of anilines is 1. The first kappa shape index (κ1) is 8.48. The summed E-state index contributed by atoms with van der Waals surface area (Å²) < 4.78 is 0. The van der Waals surface area contributed by atoms with Crippen LogP contribution in [-0.2, 0) is 0 Å². The van der Waals surface area contributed by atoms with Crippen LogP contribution in [0.5, 0.6) is 0 Å². The molecule has 13 heavy (non-hydrogen) atoms. The van der Waals surface area contributed by atoms with Gasteiger partial charge < -0.3 is 4.90 Å². The lowest BCUT2D eigenvalue weighted by Crippen LogP contribution is -2.32. The number of hydrogen-bond acceptors (Lipinski definition) is 3. The van der Waals surface area contributed by atoms with Gasteiger partial charge in [0, 0.05) is 25.5 Å². The molecule has 0 unspecified atom stereocenters. The van der Waals surface area contributed by atoms with Crippen molar-refractivity contribution in [3.05, 3.63) is 24.5 Å². The number of nitrogens with zero attached hydrogens (tertiary/aromatic N) is 3. The van der Waals surface area contributed by atoms with Crippen LogP contribution in [0.3, 0.4) is 0 Å². The predicted molar refractivity (Wildman–Crippen MR) is 52.4 cm³/mol. The van der Waals surface area contributed by atoms with E-state index in [2.05, 4.69) is 21.8 Å². The fraction of sp³-hybridized carbons (Fsp3) is 0.500. The highest BCUT2D eigenvalue weighted by atomic mass is 15.2. The molecule has 0 N–H and O–H groups in total. The van der Waals surface area contributed by atoms with Gasteiger partial charge in [0.2, 0.25) is 0 Å². The molecule has 3 heteroatoms. The monoisotopic (exact) mass is 176 g/mol.